The van der Waals surface area contributed by atoms with E-state index in [4.69, 9.17) is 0 Å². The van der Waals surface area contributed by atoms with Gasteiger partial charge in [0.15, 0.2) is 5.78 Å². The summed E-state index contributed by atoms with van der Waals surface area (Å²) in [4.78, 5) is 35.9. The van der Waals surface area contributed by atoms with E-state index in [0.717, 1.165) is 0 Å². The number of rotatable bonds is 4. The molecular formula is C19H23NO4. The van der Waals surface area contributed by atoms with E-state index in [1.165, 1.54) is 0 Å². The maximum absolute atomic E-state index is 12.4. The molecule has 0 heterocycles. The van der Waals surface area contributed by atoms with Crippen LogP contribution in [0.1, 0.15) is 44.0 Å². The molecule has 0 saturated heterocycles. The Bertz CT molecular complexity index is 668. The van der Waals surface area contributed by atoms with Crippen LogP contribution in [0.4, 0.5) is 5.69 Å². The first-order valence-corrected chi connectivity index (χ1v) is 8.03. The highest BCUT2D eigenvalue weighted by molar-refractivity contribution is 6.00. The van der Waals surface area contributed by atoms with Crippen LogP contribution in [-0.4, -0.2) is 22.8 Å². The van der Waals surface area contributed by atoms with E-state index in [1.807, 2.05) is 26.8 Å². The number of carboxylic acid groups (broad SMARTS) is 1. The van der Waals surface area contributed by atoms with Crippen LogP contribution >= 0.6 is 0 Å². The Morgan fingerprint density at radius 3 is 2.04 bits per heavy atom. The number of benzene rings is 1. The monoisotopic (exact) mass is 329 g/mol. The highest BCUT2D eigenvalue weighted by Gasteiger charge is 2.34. The van der Waals surface area contributed by atoms with Gasteiger partial charge in [-0.25, -0.2) is 0 Å². The van der Waals surface area contributed by atoms with E-state index < -0.39 is 23.2 Å². The maximum atomic E-state index is 12.4. The number of anilines is 1. The molecule has 2 rings (SSSR count). The number of hydrogen-bond donors (Lipinski definition) is 2. The van der Waals surface area contributed by atoms with Gasteiger partial charge < -0.3 is 10.4 Å². The fraction of sp³-hybridized carbons (Fsp3) is 0.421. The molecule has 0 unspecified atom stereocenters. The van der Waals surface area contributed by atoms with Crippen LogP contribution in [0.2, 0.25) is 0 Å². The van der Waals surface area contributed by atoms with Crippen LogP contribution in [0.25, 0.3) is 0 Å². The van der Waals surface area contributed by atoms with E-state index in [1.54, 1.807) is 30.3 Å². The lowest BCUT2D eigenvalue weighted by atomic mass is 9.82. The Morgan fingerprint density at radius 1 is 1.00 bits per heavy atom. The summed E-state index contributed by atoms with van der Waals surface area (Å²) in [6.45, 7) is 5.56. The summed E-state index contributed by atoms with van der Waals surface area (Å²) < 4.78 is 0. The van der Waals surface area contributed by atoms with Crippen molar-refractivity contribution in [2.24, 2.45) is 17.3 Å². The number of nitrogens with one attached hydrogen (secondary N) is 1. The van der Waals surface area contributed by atoms with Crippen LogP contribution in [0.3, 0.4) is 0 Å². The molecule has 0 fully saturated rings. The van der Waals surface area contributed by atoms with Crippen molar-refractivity contribution in [2.75, 3.05) is 5.32 Å². The van der Waals surface area contributed by atoms with Crippen molar-refractivity contribution in [3.05, 3.63) is 42.0 Å². The fourth-order valence-corrected chi connectivity index (χ4v) is 2.75. The molecule has 1 amide bonds. The van der Waals surface area contributed by atoms with Gasteiger partial charge in [0.2, 0.25) is 5.91 Å². The molecule has 0 bridgehead atoms. The zero-order valence-electron chi connectivity index (χ0n) is 14.2. The molecule has 0 radical (unpaired) electrons. The molecule has 5 nitrogen and oxygen atoms in total. The highest BCUT2D eigenvalue weighted by Crippen LogP contribution is 2.27. The Morgan fingerprint density at radius 2 is 1.54 bits per heavy atom. The Balaban J connectivity index is 2.08. The third kappa shape index (κ3) is 4.10. The standard InChI is InChI=1S/C19H23NO4/c1-19(2,3)16(21)12-8-10-13(11-9-12)20-17(22)14-6-4-5-7-15(14)18(23)24/h4-5,8-11,14-15H,6-7H2,1-3H3,(H,20,22)(H,23,24)/t14-,15+/m1/s1. The summed E-state index contributed by atoms with van der Waals surface area (Å²) in [5.74, 6) is -2.50. The summed E-state index contributed by atoms with van der Waals surface area (Å²) in [6.07, 6.45) is 4.43. The van der Waals surface area contributed by atoms with Crippen molar-refractivity contribution < 1.29 is 19.5 Å². The SMILES string of the molecule is CC(C)(C)C(=O)c1ccc(NC(=O)[C@@H]2CC=CC[C@@H]2C(=O)O)cc1. The van der Waals surface area contributed by atoms with Gasteiger partial charge in [-0.1, -0.05) is 32.9 Å². The first-order valence-electron chi connectivity index (χ1n) is 8.03. The molecule has 1 aromatic rings. The van der Waals surface area contributed by atoms with Crippen molar-refractivity contribution in [1.29, 1.82) is 0 Å². The van der Waals surface area contributed by atoms with E-state index in [2.05, 4.69) is 5.32 Å². The molecule has 128 valence electrons. The summed E-state index contributed by atoms with van der Waals surface area (Å²) in [5, 5.41) is 12.0. The number of hydrogen-bond acceptors (Lipinski definition) is 3. The summed E-state index contributed by atoms with van der Waals surface area (Å²) in [5.41, 5.74) is 0.683. The van der Waals surface area contributed by atoms with Gasteiger partial charge in [0.25, 0.3) is 0 Å². The van der Waals surface area contributed by atoms with E-state index in [-0.39, 0.29) is 11.7 Å². The summed E-state index contributed by atoms with van der Waals surface area (Å²) in [7, 11) is 0. The van der Waals surface area contributed by atoms with Gasteiger partial charge in [-0.3, -0.25) is 14.4 Å². The minimum Gasteiger partial charge on any atom is -0.481 e. The first-order chi connectivity index (χ1) is 11.2. The first kappa shape index (κ1) is 17.9. The number of allylic oxidation sites excluding steroid dienone is 2. The number of Topliss-reactive ketones (excluding diaryl/α,β-unsaturated/α-hetero) is 1. The molecule has 2 atom stereocenters. The van der Waals surface area contributed by atoms with Crippen LogP contribution < -0.4 is 5.32 Å². The Kier molecular flexibility index (Phi) is 5.22. The molecule has 0 spiro atoms. The molecule has 0 saturated carbocycles. The lowest BCUT2D eigenvalue weighted by molar-refractivity contribution is -0.146. The number of aliphatic carboxylic acids is 1. The third-order valence-corrected chi connectivity index (χ3v) is 4.18. The lowest BCUT2D eigenvalue weighted by Crippen LogP contribution is -2.34. The topological polar surface area (TPSA) is 83.5 Å². The second kappa shape index (κ2) is 6.99. The zero-order chi connectivity index (χ0) is 17.9. The van der Waals surface area contributed by atoms with Crippen LogP contribution in [-0.2, 0) is 9.59 Å². The molecule has 5 heteroatoms. The Hall–Kier alpha value is -2.43. The quantitative estimate of drug-likeness (QED) is 0.654. The van der Waals surface area contributed by atoms with Crippen molar-refractivity contribution in [3.8, 4) is 0 Å². The second-order valence-electron chi connectivity index (χ2n) is 7.14. The van der Waals surface area contributed by atoms with E-state index >= 15 is 0 Å². The normalized spacial score (nSPS) is 20.5. The minimum atomic E-state index is -0.953. The molecule has 1 aromatic carbocycles. The third-order valence-electron chi connectivity index (χ3n) is 4.18. The molecule has 0 aliphatic heterocycles. The van der Waals surface area contributed by atoms with Gasteiger partial charge in [0.1, 0.15) is 0 Å². The number of carboxylic acids is 1. The molecule has 1 aliphatic carbocycles. The molecular weight excluding hydrogens is 306 g/mol. The summed E-state index contributed by atoms with van der Waals surface area (Å²) in [6, 6.07) is 6.70. The van der Waals surface area contributed by atoms with Crippen molar-refractivity contribution >= 4 is 23.3 Å². The lowest BCUT2D eigenvalue weighted by Gasteiger charge is -2.24. The largest absolute Gasteiger partial charge is 0.481 e. The smallest absolute Gasteiger partial charge is 0.307 e. The van der Waals surface area contributed by atoms with Crippen LogP contribution in [0, 0.1) is 17.3 Å². The number of carbonyl (C=O) groups is 3. The van der Waals surface area contributed by atoms with Gasteiger partial charge >= 0.3 is 5.97 Å². The molecule has 2 N–H and O–H groups in total. The molecule has 1 aliphatic rings. The maximum Gasteiger partial charge on any atom is 0.307 e. The average molecular weight is 329 g/mol. The van der Waals surface area contributed by atoms with Crippen LogP contribution in [0.15, 0.2) is 36.4 Å². The van der Waals surface area contributed by atoms with Gasteiger partial charge in [-0.2, -0.15) is 0 Å². The van der Waals surface area contributed by atoms with E-state index in [0.29, 0.717) is 24.1 Å². The Labute approximate surface area is 141 Å². The molecule has 24 heavy (non-hydrogen) atoms. The van der Waals surface area contributed by atoms with Gasteiger partial charge in [0, 0.05) is 16.7 Å². The highest BCUT2D eigenvalue weighted by atomic mass is 16.4. The summed E-state index contributed by atoms with van der Waals surface area (Å²) >= 11 is 0. The minimum absolute atomic E-state index is 0.0312. The van der Waals surface area contributed by atoms with Gasteiger partial charge in [-0.05, 0) is 37.1 Å². The zero-order valence-corrected chi connectivity index (χ0v) is 14.2. The van der Waals surface area contributed by atoms with Crippen molar-refractivity contribution in [1.82, 2.24) is 0 Å². The van der Waals surface area contributed by atoms with E-state index in [9.17, 15) is 19.5 Å². The van der Waals surface area contributed by atoms with Crippen molar-refractivity contribution in [3.63, 3.8) is 0 Å². The van der Waals surface area contributed by atoms with Gasteiger partial charge in [-0.15, -0.1) is 0 Å². The van der Waals surface area contributed by atoms with Crippen molar-refractivity contribution in [2.45, 2.75) is 33.6 Å². The number of amides is 1. The second-order valence-corrected chi connectivity index (χ2v) is 7.14. The van der Waals surface area contributed by atoms with Gasteiger partial charge in [0.05, 0.1) is 11.8 Å². The predicted molar refractivity (Wildman–Crippen MR) is 91.8 cm³/mol. The van der Waals surface area contributed by atoms with Crippen LogP contribution in [0.5, 0.6) is 0 Å². The number of ketones is 1. The number of carbonyl (C=O) groups excluding carboxylic acids is 2. The predicted octanol–water partition coefficient (Wildman–Crippen LogP) is 3.52. The average Bonchev–Trinajstić information content (AvgIpc) is 2.54. The fourth-order valence-electron chi connectivity index (χ4n) is 2.75. The molecule has 0 aromatic heterocycles.